The van der Waals surface area contributed by atoms with E-state index in [1.54, 1.807) is 13.3 Å². The molecule has 0 aliphatic rings. The normalized spacial score (nSPS) is 10.7. The monoisotopic (exact) mass is 312 g/mol. The van der Waals surface area contributed by atoms with Gasteiger partial charge in [0.2, 0.25) is 0 Å². The number of para-hydroxylation sites is 1. The molecule has 4 rings (SSSR count). The minimum absolute atomic E-state index is 0.872. The van der Waals surface area contributed by atoms with Crippen molar-refractivity contribution in [1.29, 1.82) is 0 Å². The second kappa shape index (κ2) is 6.13. The van der Waals surface area contributed by atoms with Crippen LogP contribution in [0.25, 0.3) is 33.2 Å². The van der Waals surface area contributed by atoms with Crippen LogP contribution in [0.5, 0.6) is 5.75 Å². The van der Waals surface area contributed by atoms with Crippen molar-refractivity contribution < 1.29 is 4.74 Å². The van der Waals surface area contributed by atoms with Crippen LogP contribution < -0.4 is 4.74 Å². The standard InChI is InChI=1S/C21H16N2O/c1-24-21-7-3-2-6-19(21)16-9-8-15-12-20(23-14-18(15)11-16)17-5-4-10-22-13-17/h2-14H,1H3. The van der Waals surface area contributed by atoms with Crippen LogP contribution >= 0.6 is 0 Å². The van der Waals surface area contributed by atoms with Crippen molar-refractivity contribution in [2.75, 3.05) is 7.11 Å². The Morgan fingerprint density at radius 2 is 1.71 bits per heavy atom. The van der Waals surface area contributed by atoms with Crippen molar-refractivity contribution in [3.63, 3.8) is 0 Å². The van der Waals surface area contributed by atoms with Crippen LogP contribution in [0.2, 0.25) is 0 Å². The third-order valence-electron chi connectivity index (χ3n) is 4.10. The zero-order valence-corrected chi connectivity index (χ0v) is 13.3. The quantitative estimate of drug-likeness (QED) is 0.535. The summed E-state index contributed by atoms with van der Waals surface area (Å²) in [4.78, 5) is 8.74. The van der Waals surface area contributed by atoms with Crippen molar-refractivity contribution in [2.45, 2.75) is 0 Å². The third kappa shape index (κ3) is 2.61. The van der Waals surface area contributed by atoms with Gasteiger partial charge in [0, 0.05) is 35.1 Å². The third-order valence-corrected chi connectivity index (χ3v) is 4.10. The number of pyridine rings is 2. The lowest BCUT2D eigenvalue weighted by atomic mass is 10.0. The Hall–Kier alpha value is -3.20. The Kier molecular flexibility index (Phi) is 3.67. The van der Waals surface area contributed by atoms with E-state index in [1.807, 2.05) is 42.7 Å². The molecule has 0 saturated carbocycles. The van der Waals surface area contributed by atoms with Crippen molar-refractivity contribution in [1.82, 2.24) is 9.97 Å². The highest BCUT2D eigenvalue weighted by Gasteiger charge is 2.07. The van der Waals surface area contributed by atoms with Gasteiger partial charge < -0.3 is 4.74 Å². The van der Waals surface area contributed by atoms with Crippen LogP contribution in [0, 0.1) is 0 Å². The summed E-state index contributed by atoms with van der Waals surface area (Å²) in [5.41, 5.74) is 4.16. The van der Waals surface area contributed by atoms with Gasteiger partial charge in [0.25, 0.3) is 0 Å². The van der Waals surface area contributed by atoms with Crippen LogP contribution in [0.3, 0.4) is 0 Å². The largest absolute Gasteiger partial charge is 0.496 e. The predicted octanol–water partition coefficient (Wildman–Crippen LogP) is 4.97. The van der Waals surface area contributed by atoms with Gasteiger partial charge in [-0.1, -0.05) is 30.3 Å². The average Bonchev–Trinajstić information content (AvgIpc) is 2.68. The van der Waals surface area contributed by atoms with E-state index in [-0.39, 0.29) is 0 Å². The van der Waals surface area contributed by atoms with E-state index in [0.717, 1.165) is 38.9 Å². The van der Waals surface area contributed by atoms with Gasteiger partial charge in [-0.05, 0) is 41.3 Å². The van der Waals surface area contributed by atoms with Gasteiger partial charge in [0.05, 0.1) is 12.8 Å². The highest BCUT2D eigenvalue weighted by atomic mass is 16.5. The topological polar surface area (TPSA) is 35.0 Å². The van der Waals surface area contributed by atoms with Gasteiger partial charge in [-0.2, -0.15) is 0 Å². The smallest absolute Gasteiger partial charge is 0.126 e. The first-order valence-electron chi connectivity index (χ1n) is 7.79. The SMILES string of the molecule is COc1ccccc1-c1ccc2cc(-c3cccnc3)ncc2c1. The molecule has 0 atom stereocenters. The summed E-state index contributed by atoms with van der Waals surface area (Å²) in [5.74, 6) is 0.872. The van der Waals surface area contributed by atoms with Gasteiger partial charge in [0.1, 0.15) is 5.75 Å². The van der Waals surface area contributed by atoms with Gasteiger partial charge in [0.15, 0.2) is 0 Å². The number of hydrogen-bond acceptors (Lipinski definition) is 3. The average molecular weight is 312 g/mol. The molecule has 3 nitrogen and oxygen atoms in total. The van der Waals surface area contributed by atoms with E-state index in [2.05, 4.69) is 40.3 Å². The Bertz CT molecular complexity index is 997. The maximum Gasteiger partial charge on any atom is 0.126 e. The second-order valence-electron chi connectivity index (χ2n) is 5.57. The number of fused-ring (bicyclic) bond motifs is 1. The summed E-state index contributed by atoms with van der Waals surface area (Å²) < 4.78 is 5.47. The molecular formula is C21H16N2O. The molecule has 116 valence electrons. The number of aromatic nitrogens is 2. The summed E-state index contributed by atoms with van der Waals surface area (Å²) in [6.45, 7) is 0. The summed E-state index contributed by atoms with van der Waals surface area (Å²) in [6.07, 6.45) is 5.51. The Balaban J connectivity index is 1.80. The first-order valence-corrected chi connectivity index (χ1v) is 7.79. The fourth-order valence-electron chi connectivity index (χ4n) is 2.86. The molecule has 0 amide bonds. The summed E-state index contributed by atoms with van der Waals surface area (Å²) in [5, 5.41) is 2.26. The second-order valence-corrected chi connectivity index (χ2v) is 5.57. The summed E-state index contributed by atoms with van der Waals surface area (Å²) in [6, 6.07) is 20.5. The molecule has 4 aromatic rings. The minimum atomic E-state index is 0.872. The highest BCUT2D eigenvalue weighted by Crippen LogP contribution is 2.32. The molecule has 3 heteroatoms. The van der Waals surface area contributed by atoms with Gasteiger partial charge >= 0.3 is 0 Å². The van der Waals surface area contributed by atoms with E-state index in [4.69, 9.17) is 4.74 Å². The van der Waals surface area contributed by atoms with E-state index < -0.39 is 0 Å². The molecule has 0 bridgehead atoms. The predicted molar refractivity (Wildman–Crippen MR) is 97.0 cm³/mol. The molecule has 0 fully saturated rings. The van der Waals surface area contributed by atoms with Crippen molar-refractivity contribution in [3.8, 4) is 28.1 Å². The number of benzene rings is 2. The van der Waals surface area contributed by atoms with E-state index in [0.29, 0.717) is 0 Å². The summed E-state index contributed by atoms with van der Waals surface area (Å²) >= 11 is 0. The van der Waals surface area contributed by atoms with Gasteiger partial charge in [-0.15, -0.1) is 0 Å². The van der Waals surface area contributed by atoms with Crippen LogP contribution in [-0.4, -0.2) is 17.1 Å². The molecule has 0 radical (unpaired) electrons. The van der Waals surface area contributed by atoms with Gasteiger partial charge in [-0.3, -0.25) is 9.97 Å². The molecule has 2 aromatic heterocycles. The molecule has 0 N–H and O–H groups in total. The zero-order chi connectivity index (χ0) is 16.4. The molecule has 2 heterocycles. The van der Waals surface area contributed by atoms with Crippen molar-refractivity contribution in [2.24, 2.45) is 0 Å². The molecule has 0 aliphatic carbocycles. The lowest BCUT2D eigenvalue weighted by Crippen LogP contribution is -1.88. The Morgan fingerprint density at radius 3 is 2.54 bits per heavy atom. The molecule has 0 aliphatic heterocycles. The Morgan fingerprint density at radius 1 is 0.792 bits per heavy atom. The maximum absolute atomic E-state index is 5.47. The molecule has 0 unspecified atom stereocenters. The van der Waals surface area contributed by atoms with E-state index in [1.165, 1.54) is 0 Å². The van der Waals surface area contributed by atoms with Crippen LogP contribution in [0.1, 0.15) is 0 Å². The van der Waals surface area contributed by atoms with E-state index in [9.17, 15) is 0 Å². The number of methoxy groups -OCH3 is 1. The minimum Gasteiger partial charge on any atom is -0.496 e. The van der Waals surface area contributed by atoms with E-state index >= 15 is 0 Å². The Labute approximate surface area is 140 Å². The van der Waals surface area contributed by atoms with Crippen LogP contribution in [0.4, 0.5) is 0 Å². The number of hydrogen-bond donors (Lipinski definition) is 0. The molecule has 24 heavy (non-hydrogen) atoms. The fourth-order valence-corrected chi connectivity index (χ4v) is 2.86. The highest BCUT2D eigenvalue weighted by molar-refractivity contribution is 5.89. The van der Waals surface area contributed by atoms with Gasteiger partial charge in [-0.25, -0.2) is 0 Å². The first kappa shape index (κ1) is 14.4. The van der Waals surface area contributed by atoms with Crippen molar-refractivity contribution in [3.05, 3.63) is 79.3 Å². The first-order chi connectivity index (χ1) is 11.8. The molecule has 0 saturated heterocycles. The van der Waals surface area contributed by atoms with Crippen LogP contribution in [-0.2, 0) is 0 Å². The number of ether oxygens (including phenoxy) is 1. The molecular weight excluding hydrogens is 296 g/mol. The zero-order valence-electron chi connectivity index (χ0n) is 13.3. The number of nitrogens with zero attached hydrogens (tertiary/aromatic N) is 2. The molecule has 0 spiro atoms. The summed E-state index contributed by atoms with van der Waals surface area (Å²) in [7, 11) is 1.70. The van der Waals surface area contributed by atoms with Crippen molar-refractivity contribution >= 4 is 10.8 Å². The lowest BCUT2D eigenvalue weighted by molar-refractivity contribution is 0.416. The molecule has 2 aromatic carbocycles. The maximum atomic E-state index is 5.47. The lowest BCUT2D eigenvalue weighted by Gasteiger charge is -2.10. The number of rotatable bonds is 3. The van der Waals surface area contributed by atoms with Crippen LogP contribution in [0.15, 0.2) is 79.3 Å². The fraction of sp³-hybridized carbons (Fsp3) is 0.0476.